The fourth-order valence-corrected chi connectivity index (χ4v) is 1.88. The van der Waals surface area contributed by atoms with Crippen LogP contribution in [0, 0.1) is 5.41 Å². The van der Waals surface area contributed by atoms with Gasteiger partial charge in [0.2, 0.25) is 0 Å². The minimum Gasteiger partial charge on any atom is -0.491 e. The first-order valence-electron chi connectivity index (χ1n) is 6.32. The summed E-state index contributed by atoms with van der Waals surface area (Å²) in [6.07, 6.45) is 2.22. The average Bonchev–Trinajstić information content (AvgIpc) is 2.87. The molecule has 1 aliphatic carbocycles. The zero-order valence-corrected chi connectivity index (χ0v) is 10.9. The molecule has 17 heavy (non-hydrogen) atoms. The molecule has 2 rings (SSSR count). The van der Waals surface area contributed by atoms with Crippen LogP contribution < -0.4 is 15.8 Å². The van der Waals surface area contributed by atoms with E-state index in [0.717, 1.165) is 17.9 Å². The van der Waals surface area contributed by atoms with Crippen molar-refractivity contribution in [1.29, 1.82) is 0 Å². The number of anilines is 2. The molecule has 0 aromatic heterocycles. The molecule has 0 spiro atoms. The summed E-state index contributed by atoms with van der Waals surface area (Å²) >= 11 is 0. The third kappa shape index (κ3) is 2.84. The molecule has 94 valence electrons. The SMILES string of the molecule is CCCOc1cc(NC2CC2(C)C)ccc1N. The molecule has 0 heterocycles. The van der Waals surface area contributed by atoms with Gasteiger partial charge >= 0.3 is 0 Å². The van der Waals surface area contributed by atoms with E-state index in [4.69, 9.17) is 10.5 Å². The zero-order chi connectivity index (χ0) is 12.5. The number of rotatable bonds is 5. The van der Waals surface area contributed by atoms with Crippen LogP contribution in [0.2, 0.25) is 0 Å². The topological polar surface area (TPSA) is 47.3 Å². The lowest BCUT2D eigenvalue weighted by Gasteiger charge is -2.12. The Labute approximate surface area is 103 Å². The third-order valence-corrected chi connectivity index (χ3v) is 3.33. The Kier molecular flexibility index (Phi) is 3.18. The van der Waals surface area contributed by atoms with E-state index in [1.165, 1.54) is 6.42 Å². The van der Waals surface area contributed by atoms with Crippen LogP contribution in [0.25, 0.3) is 0 Å². The standard InChI is InChI=1S/C14H22N2O/c1-4-7-17-12-8-10(5-6-11(12)15)16-13-9-14(13,2)3/h5-6,8,13,16H,4,7,9,15H2,1-3H3. The van der Waals surface area contributed by atoms with Gasteiger partial charge in [0.15, 0.2) is 0 Å². The molecule has 1 unspecified atom stereocenters. The van der Waals surface area contributed by atoms with Gasteiger partial charge in [0.1, 0.15) is 5.75 Å². The van der Waals surface area contributed by atoms with Gasteiger partial charge in [0.25, 0.3) is 0 Å². The molecule has 1 fully saturated rings. The van der Waals surface area contributed by atoms with E-state index in [-0.39, 0.29) is 0 Å². The van der Waals surface area contributed by atoms with E-state index in [2.05, 4.69) is 26.1 Å². The summed E-state index contributed by atoms with van der Waals surface area (Å²) in [4.78, 5) is 0. The van der Waals surface area contributed by atoms with Crippen molar-refractivity contribution >= 4 is 11.4 Å². The summed E-state index contributed by atoms with van der Waals surface area (Å²) in [6, 6.07) is 6.50. The highest BCUT2D eigenvalue weighted by atomic mass is 16.5. The molecule has 3 nitrogen and oxygen atoms in total. The molecule has 3 N–H and O–H groups in total. The van der Waals surface area contributed by atoms with E-state index < -0.39 is 0 Å². The van der Waals surface area contributed by atoms with E-state index >= 15 is 0 Å². The van der Waals surface area contributed by atoms with Crippen LogP contribution in [0.3, 0.4) is 0 Å². The zero-order valence-electron chi connectivity index (χ0n) is 10.9. The molecule has 0 saturated heterocycles. The summed E-state index contributed by atoms with van der Waals surface area (Å²) in [5.74, 6) is 0.787. The van der Waals surface area contributed by atoms with Crippen LogP contribution >= 0.6 is 0 Å². The monoisotopic (exact) mass is 234 g/mol. The lowest BCUT2D eigenvalue weighted by molar-refractivity contribution is 0.319. The van der Waals surface area contributed by atoms with Gasteiger partial charge in [-0.3, -0.25) is 0 Å². The van der Waals surface area contributed by atoms with Gasteiger partial charge < -0.3 is 15.8 Å². The van der Waals surface area contributed by atoms with Crippen molar-refractivity contribution in [2.75, 3.05) is 17.7 Å². The summed E-state index contributed by atoms with van der Waals surface area (Å²) in [6.45, 7) is 7.35. The van der Waals surface area contributed by atoms with E-state index in [9.17, 15) is 0 Å². The van der Waals surface area contributed by atoms with Gasteiger partial charge in [-0.05, 0) is 30.4 Å². The first-order valence-corrected chi connectivity index (χ1v) is 6.32. The second-order valence-electron chi connectivity index (χ2n) is 5.49. The highest BCUT2D eigenvalue weighted by Gasteiger charge is 2.45. The number of nitrogens with one attached hydrogen (secondary N) is 1. The fourth-order valence-electron chi connectivity index (χ4n) is 1.88. The number of nitrogen functional groups attached to an aromatic ring is 1. The number of hydrogen-bond acceptors (Lipinski definition) is 3. The molecule has 0 amide bonds. The van der Waals surface area contributed by atoms with Crippen molar-refractivity contribution in [1.82, 2.24) is 0 Å². The van der Waals surface area contributed by atoms with Crippen molar-refractivity contribution in [2.45, 2.75) is 39.7 Å². The Bertz CT molecular complexity index is 401. The van der Waals surface area contributed by atoms with Crippen molar-refractivity contribution in [3.63, 3.8) is 0 Å². The molecular formula is C14H22N2O. The minimum atomic E-state index is 0.422. The Balaban J connectivity index is 2.03. The summed E-state index contributed by atoms with van der Waals surface area (Å²) in [7, 11) is 0. The Morgan fingerprint density at radius 2 is 2.18 bits per heavy atom. The summed E-state index contributed by atoms with van der Waals surface area (Å²) in [5.41, 5.74) is 8.11. The number of ether oxygens (including phenoxy) is 1. The lowest BCUT2D eigenvalue weighted by atomic mass is 10.2. The van der Waals surface area contributed by atoms with Crippen molar-refractivity contribution < 1.29 is 4.74 Å². The maximum Gasteiger partial charge on any atom is 0.144 e. The molecular weight excluding hydrogens is 212 g/mol. The smallest absolute Gasteiger partial charge is 0.144 e. The third-order valence-electron chi connectivity index (χ3n) is 3.33. The van der Waals surface area contributed by atoms with E-state index in [0.29, 0.717) is 23.8 Å². The highest BCUT2D eigenvalue weighted by Crippen LogP contribution is 2.46. The highest BCUT2D eigenvalue weighted by molar-refractivity contribution is 5.62. The molecule has 1 aliphatic rings. The number of hydrogen-bond donors (Lipinski definition) is 2. The second kappa shape index (κ2) is 4.47. The van der Waals surface area contributed by atoms with Crippen LogP contribution in [-0.2, 0) is 0 Å². The number of nitrogens with two attached hydrogens (primary N) is 1. The van der Waals surface area contributed by atoms with Gasteiger partial charge in [-0.2, -0.15) is 0 Å². The van der Waals surface area contributed by atoms with Gasteiger partial charge in [0, 0.05) is 17.8 Å². The average molecular weight is 234 g/mol. The molecule has 0 bridgehead atoms. The Hall–Kier alpha value is -1.38. The fraction of sp³-hybridized carbons (Fsp3) is 0.571. The van der Waals surface area contributed by atoms with Gasteiger partial charge in [-0.25, -0.2) is 0 Å². The van der Waals surface area contributed by atoms with Gasteiger partial charge in [-0.15, -0.1) is 0 Å². The minimum absolute atomic E-state index is 0.422. The molecule has 0 aliphatic heterocycles. The van der Waals surface area contributed by atoms with E-state index in [1.54, 1.807) is 0 Å². The first kappa shape index (κ1) is 12.1. The number of benzene rings is 1. The molecule has 1 saturated carbocycles. The molecule has 1 aromatic rings. The Morgan fingerprint density at radius 3 is 2.76 bits per heavy atom. The van der Waals surface area contributed by atoms with Crippen LogP contribution in [0.5, 0.6) is 5.75 Å². The van der Waals surface area contributed by atoms with Gasteiger partial charge in [0.05, 0.1) is 12.3 Å². The quantitative estimate of drug-likeness (QED) is 0.769. The van der Waals surface area contributed by atoms with Crippen LogP contribution in [0.4, 0.5) is 11.4 Å². The molecule has 1 aromatic carbocycles. The van der Waals surface area contributed by atoms with Crippen LogP contribution in [-0.4, -0.2) is 12.6 Å². The van der Waals surface area contributed by atoms with E-state index in [1.807, 2.05) is 18.2 Å². The van der Waals surface area contributed by atoms with Crippen LogP contribution in [0.1, 0.15) is 33.6 Å². The van der Waals surface area contributed by atoms with Crippen molar-refractivity contribution in [2.24, 2.45) is 5.41 Å². The van der Waals surface area contributed by atoms with Crippen LogP contribution in [0.15, 0.2) is 18.2 Å². The molecule has 0 radical (unpaired) electrons. The summed E-state index contributed by atoms with van der Waals surface area (Å²) in [5, 5.41) is 3.51. The maximum atomic E-state index is 5.88. The lowest BCUT2D eigenvalue weighted by Crippen LogP contribution is -2.09. The summed E-state index contributed by atoms with van der Waals surface area (Å²) < 4.78 is 5.62. The predicted molar refractivity (Wildman–Crippen MR) is 72.4 cm³/mol. The van der Waals surface area contributed by atoms with Gasteiger partial charge in [-0.1, -0.05) is 20.8 Å². The first-order chi connectivity index (χ1) is 8.03. The predicted octanol–water partition coefficient (Wildman–Crippen LogP) is 3.27. The maximum absolute atomic E-state index is 5.88. The largest absolute Gasteiger partial charge is 0.491 e. The van der Waals surface area contributed by atoms with Crippen molar-refractivity contribution in [3.8, 4) is 5.75 Å². The second-order valence-corrected chi connectivity index (χ2v) is 5.49. The normalized spacial score (nSPS) is 21.0. The van der Waals surface area contributed by atoms with Crippen molar-refractivity contribution in [3.05, 3.63) is 18.2 Å². The molecule has 3 heteroatoms. The Morgan fingerprint density at radius 1 is 1.47 bits per heavy atom. The molecule has 1 atom stereocenters.